The maximum absolute atomic E-state index is 13.5. The number of nitrogens with one attached hydrogen (secondary N) is 2. The molecule has 0 aliphatic carbocycles. The Morgan fingerprint density at radius 2 is 1.77 bits per heavy atom. The summed E-state index contributed by atoms with van der Waals surface area (Å²) < 4.78 is 26.3. The molecule has 0 atom stereocenters. The summed E-state index contributed by atoms with van der Waals surface area (Å²) >= 11 is 4.98. The zero-order valence-corrected chi connectivity index (χ0v) is 12.2. The topological polar surface area (TPSA) is 67.2 Å². The molecule has 0 heterocycles. The Hall–Kier alpha value is -2.61. The summed E-state index contributed by atoms with van der Waals surface area (Å²) in [6, 6.07) is 7.53. The first kappa shape index (κ1) is 15.8. The van der Waals surface area contributed by atoms with Crippen LogP contribution >= 0.6 is 12.2 Å². The van der Waals surface area contributed by atoms with E-state index in [0.717, 1.165) is 11.6 Å². The van der Waals surface area contributed by atoms with Crippen LogP contribution in [0.3, 0.4) is 0 Å². The van der Waals surface area contributed by atoms with Crippen molar-refractivity contribution in [2.75, 3.05) is 10.6 Å². The van der Waals surface area contributed by atoms with Crippen molar-refractivity contribution in [2.24, 2.45) is 0 Å². The van der Waals surface area contributed by atoms with Crippen LogP contribution in [0.1, 0.15) is 5.56 Å². The zero-order chi connectivity index (χ0) is 16.3. The minimum Gasteiger partial charge on any atom is -0.330 e. The summed E-state index contributed by atoms with van der Waals surface area (Å²) in [5, 5.41) is 16.1. The highest BCUT2D eigenvalue weighted by Gasteiger charge is 2.15. The van der Waals surface area contributed by atoms with Crippen molar-refractivity contribution >= 4 is 34.4 Å². The molecule has 5 nitrogen and oxygen atoms in total. The number of thiocarbonyl (C=S) groups is 1. The van der Waals surface area contributed by atoms with Crippen molar-refractivity contribution < 1.29 is 13.7 Å². The van der Waals surface area contributed by atoms with Gasteiger partial charge in [-0.3, -0.25) is 10.1 Å². The van der Waals surface area contributed by atoms with Gasteiger partial charge in [0.05, 0.1) is 10.6 Å². The molecule has 2 aromatic carbocycles. The number of aryl methyl sites for hydroxylation is 1. The third-order valence-corrected chi connectivity index (χ3v) is 2.98. The predicted octanol–water partition coefficient (Wildman–Crippen LogP) is 3.99. The van der Waals surface area contributed by atoms with Gasteiger partial charge in [0, 0.05) is 12.1 Å². The van der Waals surface area contributed by atoms with E-state index in [-0.39, 0.29) is 22.2 Å². The molecule has 114 valence electrons. The van der Waals surface area contributed by atoms with Crippen LogP contribution in [0.2, 0.25) is 0 Å². The van der Waals surface area contributed by atoms with Crippen molar-refractivity contribution in [1.82, 2.24) is 0 Å². The van der Waals surface area contributed by atoms with Gasteiger partial charge in [-0.1, -0.05) is 6.07 Å². The van der Waals surface area contributed by atoms with Gasteiger partial charge >= 0.3 is 0 Å². The molecular weight excluding hydrogens is 312 g/mol. The van der Waals surface area contributed by atoms with Gasteiger partial charge in [0.1, 0.15) is 17.3 Å². The molecule has 2 rings (SSSR count). The molecule has 0 saturated carbocycles. The standard InChI is InChI=1S/C14H11F2N3O2S/c1-8-2-4-12(13(6-8)19(20)21)18-14(22)17-11-5-3-9(15)7-10(11)16/h2-7H,1H3,(H2,17,18,22). The van der Waals surface area contributed by atoms with Crippen LogP contribution in [0.15, 0.2) is 36.4 Å². The summed E-state index contributed by atoms with van der Waals surface area (Å²) in [4.78, 5) is 10.5. The van der Waals surface area contributed by atoms with Gasteiger partial charge in [0.15, 0.2) is 5.11 Å². The predicted molar refractivity (Wildman–Crippen MR) is 84.0 cm³/mol. The number of anilines is 2. The summed E-state index contributed by atoms with van der Waals surface area (Å²) in [6.07, 6.45) is 0. The number of hydrogen-bond acceptors (Lipinski definition) is 3. The first-order valence-corrected chi connectivity index (χ1v) is 6.56. The van der Waals surface area contributed by atoms with Crippen molar-refractivity contribution in [3.05, 3.63) is 63.7 Å². The van der Waals surface area contributed by atoms with Crippen LogP contribution in [0.4, 0.5) is 25.8 Å². The lowest BCUT2D eigenvalue weighted by atomic mass is 10.2. The zero-order valence-electron chi connectivity index (χ0n) is 11.4. The average Bonchev–Trinajstić information content (AvgIpc) is 2.43. The summed E-state index contributed by atoms with van der Waals surface area (Å²) in [6.45, 7) is 1.72. The Labute approximate surface area is 130 Å². The van der Waals surface area contributed by atoms with Crippen molar-refractivity contribution in [3.8, 4) is 0 Å². The number of benzene rings is 2. The van der Waals surface area contributed by atoms with Crippen LogP contribution in [0, 0.1) is 28.7 Å². The lowest BCUT2D eigenvalue weighted by molar-refractivity contribution is -0.383. The minimum atomic E-state index is -0.817. The Kier molecular flexibility index (Phi) is 4.62. The molecule has 0 aromatic heterocycles. The first-order valence-electron chi connectivity index (χ1n) is 6.15. The highest BCUT2D eigenvalue weighted by Crippen LogP contribution is 2.25. The summed E-state index contributed by atoms with van der Waals surface area (Å²) in [7, 11) is 0. The lowest BCUT2D eigenvalue weighted by Crippen LogP contribution is -2.20. The third kappa shape index (κ3) is 3.73. The molecule has 0 aliphatic heterocycles. The Morgan fingerprint density at radius 1 is 1.14 bits per heavy atom. The second-order valence-electron chi connectivity index (χ2n) is 4.48. The van der Waals surface area contributed by atoms with E-state index in [4.69, 9.17) is 12.2 Å². The number of rotatable bonds is 3. The SMILES string of the molecule is Cc1ccc(NC(=S)Nc2ccc(F)cc2F)c([N+](=O)[O-])c1. The highest BCUT2D eigenvalue weighted by molar-refractivity contribution is 7.80. The molecule has 0 amide bonds. The molecule has 0 aliphatic rings. The molecule has 0 fully saturated rings. The van der Waals surface area contributed by atoms with E-state index in [1.165, 1.54) is 18.2 Å². The maximum Gasteiger partial charge on any atom is 0.292 e. The lowest BCUT2D eigenvalue weighted by Gasteiger charge is -2.11. The molecule has 0 unspecified atom stereocenters. The monoisotopic (exact) mass is 323 g/mol. The summed E-state index contributed by atoms with van der Waals surface area (Å²) in [5.41, 5.74) is 0.716. The quantitative estimate of drug-likeness (QED) is 0.508. The smallest absolute Gasteiger partial charge is 0.292 e. The fraction of sp³-hybridized carbons (Fsp3) is 0.0714. The number of hydrogen-bond donors (Lipinski definition) is 2. The van der Waals surface area contributed by atoms with Crippen molar-refractivity contribution in [3.63, 3.8) is 0 Å². The van der Waals surface area contributed by atoms with Crippen molar-refractivity contribution in [2.45, 2.75) is 6.92 Å². The molecule has 0 bridgehead atoms. The van der Waals surface area contributed by atoms with Crippen LogP contribution < -0.4 is 10.6 Å². The number of nitro groups is 1. The molecule has 0 radical (unpaired) electrons. The van der Waals surface area contributed by atoms with E-state index in [1.54, 1.807) is 13.0 Å². The van der Waals surface area contributed by atoms with Crippen LogP contribution in [0.25, 0.3) is 0 Å². The van der Waals surface area contributed by atoms with E-state index in [0.29, 0.717) is 6.07 Å². The average molecular weight is 323 g/mol. The second kappa shape index (κ2) is 6.44. The molecule has 0 saturated heterocycles. The molecule has 2 aromatic rings. The Bertz CT molecular complexity index is 753. The van der Waals surface area contributed by atoms with Crippen LogP contribution in [-0.2, 0) is 0 Å². The largest absolute Gasteiger partial charge is 0.330 e. The number of nitrogens with zero attached hydrogens (tertiary/aromatic N) is 1. The number of halogens is 2. The summed E-state index contributed by atoms with van der Waals surface area (Å²) in [5.74, 6) is -1.53. The van der Waals surface area contributed by atoms with E-state index >= 15 is 0 Å². The van der Waals surface area contributed by atoms with E-state index in [9.17, 15) is 18.9 Å². The fourth-order valence-electron chi connectivity index (χ4n) is 1.77. The second-order valence-corrected chi connectivity index (χ2v) is 4.89. The fourth-order valence-corrected chi connectivity index (χ4v) is 1.99. The van der Waals surface area contributed by atoms with Gasteiger partial charge in [0.25, 0.3) is 5.69 Å². The van der Waals surface area contributed by atoms with Gasteiger partial charge in [-0.25, -0.2) is 8.78 Å². The first-order chi connectivity index (χ1) is 10.4. The van der Waals surface area contributed by atoms with E-state index in [2.05, 4.69) is 10.6 Å². The molecule has 8 heteroatoms. The molecule has 22 heavy (non-hydrogen) atoms. The molecule has 0 spiro atoms. The Balaban J connectivity index is 2.17. The van der Waals surface area contributed by atoms with E-state index in [1.807, 2.05) is 0 Å². The molecular formula is C14H11F2N3O2S. The van der Waals surface area contributed by atoms with Gasteiger partial charge in [-0.05, 0) is 42.9 Å². The van der Waals surface area contributed by atoms with Gasteiger partial charge in [0.2, 0.25) is 0 Å². The molecule has 2 N–H and O–H groups in total. The van der Waals surface area contributed by atoms with Gasteiger partial charge in [-0.15, -0.1) is 0 Å². The van der Waals surface area contributed by atoms with E-state index < -0.39 is 16.6 Å². The van der Waals surface area contributed by atoms with Gasteiger partial charge in [-0.2, -0.15) is 0 Å². The maximum atomic E-state index is 13.5. The third-order valence-electron chi connectivity index (χ3n) is 2.78. The van der Waals surface area contributed by atoms with Crippen molar-refractivity contribution in [1.29, 1.82) is 0 Å². The van der Waals surface area contributed by atoms with Crippen LogP contribution in [0.5, 0.6) is 0 Å². The number of nitro benzene ring substituents is 1. The highest BCUT2D eigenvalue weighted by atomic mass is 32.1. The van der Waals surface area contributed by atoms with Gasteiger partial charge < -0.3 is 10.6 Å². The minimum absolute atomic E-state index is 0.0336. The normalized spacial score (nSPS) is 10.1. The Morgan fingerprint density at radius 3 is 2.41 bits per heavy atom. The van der Waals surface area contributed by atoms with Crippen LogP contribution in [-0.4, -0.2) is 10.0 Å².